The van der Waals surface area contributed by atoms with Crippen molar-refractivity contribution in [2.24, 2.45) is 0 Å². The lowest BCUT2D eigenvalue weighted by atomic mass is 10.0. The summed E-state index contributed by atoms with van der Waals surface area (Å²) in [5, 5.41) is 20.8. The van der Waals surface area contributed by atoms with Crippen molar-refractivity contribution in [3.8, 4) is 0 Å². The molecule has 0 bridgehead atoms. The largest absolute Gasteiger partial charge is 0.414 e. The van der Waals surface area contributed by atoms with Crippen molar-refractivity contribution in [2.45, 2.75) is 69.9 Å². The molecule has 2 aromatic heterocycles. The summed E-state index contributed by atoms with van der Waals surface area (Å²) in [7, 11) is -2.01. The Bertz CT molecular complexity index is 806. The molecule has 10 heteroatoms. The van der Waals surface area contributed by atoms with Crippen LogP contribution in [-0.2, 0) is 9.16 Å². The summed E-state index contributed by atoms with van der Waals surface area (Å²) in [4.78, 5) is 12.4. The van der Waals surface area contributed by atoms with E-state index < -0.39 is 32.9 Å². The minimum Gasteiger partial charge on any atom is -0.414 e. The van der Waals surface area contributed by atoms with E-state index >= 15 is 0 Å². The molecule has 9 nitrogen and oxygen atoms in total. The predicted octanol–water partition coefficient (Wildman–Crippen LogP) is 1.44. The van der Waals surface area contributed by atoms with Crippen LogP contribution in [0, 0.1) is 0 Å². The molecule has 3 rings (SSSR count). The Labute approximate surface area is 159 Å². The molecule has 1 saturated heterocycles. The van der Waals surface area contributed by atoms with Crippen molar-refractivity contribution in [3.05, 3.63) is 12.7 Å². The molecular weight excluding hydrogens is 366 g/mol. The molecular formula is C17H29N5O4Si. The lowest BCUT2D eigenvalue weighted by Crippen LogP contribution is -2.51. The summed E-state index contributed by atoms with van der Waals surface area (Å²) in [5.41, 5.74) is 6.85. The number of anilines is 1. The van der Waals surface area contributed by atoms with E-state index in [1.807, 2.05) is 0 Å². The van der Waals surface area contributed by atoms with Crippen LogP contribution >= 0.6 is 0 Å². The van der Waals surface area contributed by atoms with Gasteiger partial charge in [-0.05, 0) is 18.1 Å². The van der Waals surface area contributed by atoms with E-state index in [0.717, 1.165) is 0 Å². The third kappa shape index (κ3) is 3.85. The first-order valence-electron chi connectivity index (χ1n) is 9.10. The summed E-state index contributed by atoms with van der Waals surface area (Å²) >= 11 is 0. The van der Waals surface area contributed by atoms with Crippen LogP contribution in [0.5, 0.6) is 0 Å². The third-order valence-corrected chi connectivity index (χ3v) is 10.2. The van der Waals surface area contributed by atoms with Gasteiger partial charge in [-0.2, -0.15) is 0 Å². The van der Waals surface area contributed by atoms with Crippen LogP contribution in [-0.4, -0.2) is 63.0 Å². The Morgan fingerprint density at radius 2 is 2.00 bits per heavy atom. The van der Waals surface area contributed by atoms with Gasteiger partial charge < -0.3 is 25.1 Å². The smallest absolute Gasteiger partial charge is 0.192 e. The molecule has 0 radical (unpaired) electrons. The highest BCUT2D eigenvalue weighted by Crippen LogP contribution is 2.37. The lowest BCUT2D eigenvalue weighted by molar-refractivity contribution is -0.198. The Balaban J connectivity index is 1.80. The molecule has 2 aromatic rings. The second kappa shape index (κ2) is 7.10. The van der Waals surface area contributed by atoms with E-state index in [-0.39, 0.29) is 23.9 Å². The van der Waals surface area contributed by atoms with Gasteiger partial charge >= 0.3 is 0 Å². The minimum atomic E-state index is -2.01. The van der Waals surface area contributed by atoms with Crippen molar-refractivity contribution in [1.82, 2.24) is 19.5 Å². The second-order valence-corrected chi connectivity index (χ2v) is 13.4. The number of imidazole rings is 1. The molecule has 1 fully saturated rings. The Morgan fingerprint density at radius 1 is 1.30 bits per heavy atom. The molecule has 4 N–H and O–H groups in total. The fourth-order valence-corrected chi connectivity index (χ4v) is 3.85. The van der Waals surface area contributed by atoms with Crippen LogP contribution in [0.2, 0.25) is 18.1 Å². The van der Waals surface area contributed by atoms with Crippen molar-refractivity contribution in [1.29, 1.82) is 0 Å². The van der Waals surface area contributed by atoms with Crippen molar-refractivity contribution < 1.29 is 19.4 Å². The summed E-state index contributed by atoms with van der Waals surface area (Å²) in [5.74, 6) is 0.285. The average Bonchev–Trinajstić information content (AvgIpc) is 3.00. The number of rotatable bonds is 4. The van der Waals surface area contributed by atoms with E-state index in [1.54, 1.807) is 10.9 Å². The van der Waals surface area contributed by atoms with Gasteiger partial charge in [0.25, 0.3) is 0 Å². The highest BCUT2D eigenvalue weighted by Gasteiger charge is 2.42. The fourth-order valence-electron chi connectivity index (χ4n) is 2.84. The summed E-state index contributed by atoms with van der Waals surface area (Å²) in [6.07, 6.45) is 0.0141. The normalized spacial score (nSPS) is 27.2. The molecule has 0 unspecified atom stereocenters. The van der Waals surface area contributed by atoms with Crippen LogP contribution in [0.25, 0.3) is 11.2 Å². The second-order valence-electron chi connectivity index (χ2n) is 8.58. The maximum Gasteiger partial charge on any atom is 0.192 e. The zero-order chi connectivity index (χ0) is 20.0. The Morgan fingerprint density at radius 3 is 2.67 bits per heavy atom. The highest BCUT2D eigenvalue weighted by molar-refractivity contribution is 6.74. The molecule has 3 heterocycles. The number of hydrogen-bond acceptors (Lipinski definition) is 8. The number of nitrogens with two attached hydrogens (primary N) is 1. The molecule has 0 aliphatic carbocycles. The van der Waals surface area contributed by atoms with Crippen molar-refractivity contribution >= 4 is 25.3 Å². The first-order valence-corrected chi connectivity index (χ1v) is 12.0. The minimum absolute atomic E-state index is 0.0413. The van der Waals surface area contributed by atoms with Crippen molar-refractivity contribution in [2.75, 3.05) is 12.3 Å². The average molecular weight is 396 g/mol. The zero-order valence-corrected chi connectivity index (χ0v) is 17.5. The Kier molecular flexibility index (Phi) is 5.30. The SMILES string of the molecule is CC(C)(C)[Si](C)(C)OC[C@@H]1O[C@H](n2cnc3c(N)ncnc32)C[C@@H](O)[C@H]1O. The number of nitrogen functional groups attached to an aromatic ring is 1. The fraction of sp³-hybridized carbons (Fsp3) is 0.706. The van der Waals surface area contributed by atoms with Gasteiger partial charge in [-0.25, -0.2) is 15.0 Å². The molecule has 1 aliphatic rings. The van der Waals surface area contributed by atoms with Crippen LogP contribution < -0.4 is 5.73 Å². The number of hydrogen-bond donors (Lipinski definition) is 3. The van der Waals surface area contributed by atoms with Gasteiger partial charge in [-0.1, -0.05) is 20.8 Å². The van der Waals surface area contributed by atoms with E-state index in [0.29, 0.717) is 11.2 Å². The molecule has 0 aromatic carbocycles. The predicted molar refractivity (Wildman–Crippen MR) is 103 cm³/mol. The molecule has 0 spiro atoms. The molecule has 150 valence electrons. The molecule has 0 amide bonds. The Hall–Kier alpha value is -1.59. The maximum absolute atomic E-state index is 10.4. The monoisotopic (exact) mass is 395 g/mol. The number of fused-ring (bicyclic) bond motifs is 1. The highest BCUT2D eigenvalue weighted by atomic mass is 28.4. The summed E-state index contributed by atoms with van der Waals surface area (Å²) < 4.78 is 14.0. The topological polar surface area (TPSA) is 129 Å². The van der Waals surface area contributed by atoms with Crippen LogP contribution in [0.4, 0.5) is 5.82 Å². The van der Waals surface area contributed by atoms with Gasteiger partial charge in [0.1, 0.15) is 30.3 Å². The first-order chi connectivity index (χ1) is 12.5. The van der Waals surface area contributed by atoms with E-state index in [1.165, 1.54) is 6.33 Å². The quantitative estimate of drug-likeness (QED) is 0.663. The maximum atomic E-state index is 10.4. The zero-order valence-electron chi connectivity index (χ0n) is 16.5. The molecule has 1 aliphatic heterocycles. The lowest BCUT2D eigenvalue weighted by Gasteiger charge is -2.41. The van der Waals surface area contributed by atoms with E-state index in [2.05, 4.69) is 48.8 Å². The molecule has 4 atom stereocenters. The molecule has 0 saturated carbocycles. The van der Waals surface area contributed by atoms with Gasteiger partial charge in [0, 0.05) is 6.42 Å². The third-order valence-electron chi connectivity index (χ3n) is 5.66. The molecule has 27 heavy (non-hydrogen) atoms. The van der Waals surface area contributed by atoms with Crippen LogP contribution in [0.3, 0.4) is 0 Å². The number of aliphatic hydroxyl groups excluding tert-OH is 2. The number of nitrogens with zero attached hydrogens (tertiary/aromatic N) is 4. The summed E-state index contributed by atoms with van der Waals surface area (Å²) in [6.45, 7) is 10.9. The van der Waals surface area contributed by atoms with Gasteiger partial charge in [0.05, 0.1) is 19.0 Å². The van der Waals surface area contributed by atoms with Crippen molar-refractivity contribution in [3.63, 3.8) is 0 Å². The van der Waals surface area contributed by atoms with E-state index in [4.69, 9.17) is 14.9 Å². The van der Waals surface area contributed by atoms with Gasteiger partial charge in [0.15, 0.2) is 19.8 Å². The number of ether oxygens (including phenoxy) is 1. The summed E-state index contributed by atoms with van der Waals surface area (Å²) in [6, 6.07) is 0. The van der Waals surface area contributed by atoms with Gasteiger partial charge in [-0.15, -0.1) is 0 Å². The first kappa shape index (κ1) is 20.1. The van der Waals surface area contributed by atoms with Gasteiger partial charge in [-0.3, -0.25) is 4.57 Å². The number of aromatic nitrogens is 4. The van der Waals surface area contributed by atoms with Crippen LogP contribution in [0.1, 0.15) is 33.4 Å². The van der Waals surface area contributed by atoms with E-state index in [9.17, 15) is 10.2 Å². The van der Waals surface area contributed by atoms with Crippen LogP contribution in [0.15, 0.2) is 12.7 Å². The number of aliphatic hydroxyl groups is 2. The standard InChI is InChI=1S/C17H29N5O4Si/c1-17(2,3)27(4,5)25-7-11-14(24)10(23)6-12(26-11)22-9-21-13-15(18)19-8-20-16(13)22/h8-12,14,23-24H,6-7H2,1-5H3,(H2,18,19,20)/t10-,11+,12+,14-/m1/s1. The van der Waals surface area contributed by atoms with Gasteiger partial charge in [0.2, 0.25) is 0 Å².